The number of hydrogen-bond acceptors (Lipinski definition) is 3. The summed E-state index contributed by atoms with van der Waals surface area (Å²) in [5.41, 5.74) is 0. The van der Waals surface area contributed by atoms with Gasteiger partial charge < -0.3 is 7.96 Å². The van der Waals surface area contributed by atoms with Gasteiger partial charge in [0.2, 0.25) is 0 Å². The van der Waals surface area contributed by atoms with Crippen LogP contribution in [0.3, 0.4) is 0 Å². The predicted molar refractivity (Wildman–Crippen MR) is 83.0 cm³/mol. The topological polar surface area (TPSA) is 74.7 Å². The van der Waals surface area contributed by atoms with Crippen LogP contribution < -0.4 is 0 Å². The van der Waals surface area contributed by atoms with Crippen molar-refractivity contribution in [3.8, 4) is 0 Å². The normalized spacial score (nSPS) is 15.2. The number of rotatable bonds is 10. The Morgan fingerprint density at radius 3 is 2.05 bits per heavy atom. The van der Waals surface area contributed by atoms with E-state index in [1.165, 1.54) is 19.3 Å². The van der Waals surface area contributed by atoms with Crippen molar-refractivity contribution in [2.24, 2.45) is 0 Å². The molecule has 1 atom stereocenters. The third-order valence-corrected chi connectivity index (χ3v) is 3.52. The number of nitrogens with zero attached hydrogens (tertiary/aromatic N) is 1. The van der Waals surface area contributed by atoms with Gasteiger partial charge in [-0.25, -0.2) is 4.79 Å². The van der Waals surface area contributed by atoms with Crippen LogP contribution >= 0.6 is 0 Å². The molecule has 0 bridgehead atoms. The summed E-state index contributed by atoms with van der Waals surface area (Å²) in [6.45, 7) is 2.16. The van der Waals surface area contributed by atoms with E-state index in [9.17, 15) is 14.4 Å². The van der Waals surface area contributed by atoms with Crippen LogP contribution in [0.5, 0.6) is 0 Å². The van der Waals surface area contributed by atoms with Gasteiger partial charge in [0.25, 0.3) is 11.8 Å². The zero-order valence-electron chi connectivity index (χ0n) is 14.7. The number of aliphatic carboxylic acids is 1. The van der Waals surface area contributed by atoms with Crippen molar-refractivity contribution in [3.63, 3.8) is 0 Å². The molecular weight excluding hydrogens is 298 g/mol. The standard InChI is InChI=1S/C15H23NO4.Ca.2H/c1-2-3-4-5-6-7-8-9-12(15(19)20)16-13(17)10-11-14(16)18;;;/h10-12H,2-9H2,1H3,(H,19,20);;;/q;+2;2*-1. The van der Waals surface area contributed by atoms with Crippen molar-refractivity contribution in [3.05, 3.63) is 12.2 Å². The Morgan fingerprint density at radius 2 is 1.57 bits per heavy atom. The van der Waals surface area contributed by atoms with E-state index in [1.54, 1.807) is 0 Å². The van der Waals surface area contributed by atoms with E-state index in [-0.39, 0.29) is 40.6 Å². The third-order valence-electron chi connectivity index (χ3n) is 3.52. The summed E-state index contributed by atoms with van der Waals surface area (Å²) in [5, 5.41) is 9.17. The Balaban J connectivity index is -0.00000133. The first-order chi connectivity index (χ1) is 9.57. The molecule has 0 spiro atoms. The van der Waals surface area contributed by atoms with Gasteiger partial charge in [0, 0.05) is 12.2 Å². The minimum atomic E-state index is -1.11. The molecule has 0 radical (unpaired) electrons. The fourth-order valence-corrected chi connectivity index (χ4v) is 2.38. The summed E-state index contributed by atoms with van der Waals surface area (Å²) in [6.07, 6.45) is 10.1. The Hall–Kier alpha value is -0.390. The van der Waals surface area contributed by atoms with Gasteiger partial charge in [0.05, 0.1) is 0 Å². The Labute approximate surface area is 158 Å². The molecule has 0 fully saturated rings. The maximum absolute atomic E-state index is 11.5. The summed E-state index contributed by atoms with van der Waals surface area (Å²) >= 11 is 0. The number of imide groups is 1. The van der Waals surface area contributed by atoms with Crippen LogP contribution in [0.4, 0.5) is 0 Å². The van der Waals surface area contributed by atoms with Gasteiger partial charge >= 0.3 is 43.7 Å². The van der Waals surface area contributed by atoms with Crippen LogP contribution in [0.25, 0.3) is 0 Å². The molecule has 0 aromatic carbocycles. The Morgan fingerprint density at radius 1 is 1.10 bits per heavy atom. The smallest absolute Gasteiger partial charge is 1.00 e. The number of carboxylic acid groups (broad SMARTS) is 1. The summed E-state index contributed by atoms with van der Waals surface area (Å²) in [4.78, 5) is 35.0. The molecule has 1 heterocycles. The molecule has 0 aliphatic carbocycles. The molecule has 1 rings (SSSR count). The number of carbonyl (C=O) groups is 3. The van der Waals surface area contributed by atoms with Crippen LogP contribution in [-0.4, -0.2) is 71.6 Å². The van der Waals surface area contributed by atoms with E-state index in [0.717, 1.165) is 42.7 Å². The molecule has 21 heavy (non-hydrogen) atoms. The van der Waals surface area contributed by atoms with Crippen molar-refractivity contribution in [2.45, 2.75) is 64.3 Å². The van der Waals surface area contributed by atoms with Crippen LogP contribution in [0.15, 0.2) is 12.2 Å². The fourth-order valence-electron chi connectivity index (χ4n) is 2.38. The van der Waals surface area contributed by atoms with Gasteiger partial charge in [0.15, 0.2) is 0 Å². The van der Waals surface area contributed by atoms with E-state index in [4.69, 9.17) is 5.11 Å². The van der Waals surface area contributed by atoms with E-state index >= 15 is 0 Å². The zero-order valence-corrected chi connectivity index (χ0v) is 14.9. The van der Waals surface area contributed by atoms with Crippen molar-refractivity contribution in [1.82, 2.24) is 4.90 Å². The van der Waals surface area contributed by atoms with Gasteiger partial charge in [0.1, 0.15) is 6.04 Å². The average Bonchev–Trinajstić information content (AvgIpc) is 2.73. The monoisotopic (exact) mass is 323 g/mol. The number of hydrogen-bond donors (Lipinski definition) is 1. The van der Waals surface area contributed by atoms with Crippen LogP contribution in [0, 0.1) is 0 Å². The maximum atomic E-state index is 11.5. The van der Waals surface area contributed by atoms with Crippen LogP contribution in [-0.2, 0) is 14.4 Å². The van der Waals surface area contributed by atoms with E-state index in [1.807, 2.05) is 0 Å². The maximum Gasteiger partial charge on any atom is 2.00 e. The van der Waals surface area contributed by atoms with Crippen molar-refractivity contribution >= 4 is 55.5 Å². The molecule has 6 heteroatoms. The molecule has 2 amide bonds. The average molecular weight is 323 g/mol. The first kappa shape index (κ1) is 20.6. The van der Waals surface area contributed by atoms with Gasteiger partial charge in [-0.1, -0.05) is 51.9 Å². The van der Waals surface area contributed by atoms with E-state index < -0.39 is 23.8 Å². The quantitative estimate of drug-likeness (QED) is 0.380. The minimum Gasteiger partial charge on any atom is -1.00 e. The third kappa shape index (κ3) is 6.94. The molecule has 1 unspecified atom stereocenters. The molecule has 116 valence electrons. The summed E-state index contributed by atoms with van der Waals surface area (Å²) in [7, 11) is 0. The second-order valence-corrected chi connectivity index (χ2v) is 5.14. The number of carboxylic acids is 1. The molecule has 0 aromatic heterocycles. The van der Waals surface area contributed by atoms with Crippen molar-refractivity contribution in [2.75, 3.05) is 0 Å². The Kier molecular flexibility index (Phi) is 11.0. The minimum absolute atomic E-state index is 0. The SMILES string of the molecule is CCCCCCCCCC(C(=O)O)N1C(=O)C=CC1=O.[Ca+2].[H-].[H-]. The Bertz CT molecular complexity index is 387. The first-order valence-electron chi connectivity index (χ1n) is 7.36. The van der Waals surface area contributed by atoms with Crippen molar-refractivity contribution < 1.29 is 22.3 Å². The zero-order chi connectivity index (χ0) is 15.0. The summed E-state index contributed by atoms with van der Waals surface area (Å²) in [5.74, 6) is -2.16. The summed E-state index contributed by atoms with van der Waals surface area (Å²) < 4.78 is 0. The number of carbonyl (C=O) groups excluding carboxylic acids is 2. The first-order valence-corrected chi connectivity index (χ1v) is 7.36. The fraction of sp³-hybridized carbons (Fsp3) is 0.667. The number of unbranched alkanes of at least 4 members (excludes halogenated alkanes) is 6. The van der Waals surface area contributed by atoms with E-state index in [0.29, 0.717) is 6.42 Å². The van der Waals surface area contributed by atoms with Crippen LogP contribution in [0.2, 0.25) is 0 Å². The largest absolute Gasteiger partial charge is 2.00 e. The molecule has 1 N–H and O–H groups in total. The molecule has 0 saturated carbocycles. The van der Waals surface area contributed by atoms with Crippen LogP contribution in [0.1, 0.15) is 61.1 Å². The van der Waals surface area contributed by atoms with Gasteiger partial charge in [-0.05, 0) is 6.42 Å². The van der Waals surface area contributed by atoms with Gasteiger partial charge in [-0.2, -0.15) is 0 Å². The summed E-state index contributed by atoms with van der Waals surface area (Å²) in [6, 6.07) is -1.03. The van der Waals surface area contributed by atoms with Crippen molar-refractivity contribution in [1.29, 1.82) is 0 Å². The van der Waals surface area contributed by atoms with E-state index in [2.05, 4.69) is 6.92 Å². The molecule has 0 saturated heterocycles. The second kappa shape index (κ2) is 11.2. The number of amides is 2. The second-order valence-electron chi connectivity index (χ2n) is 5.14. The predicted octanol–water partition coefficient (Wildman–Crippen LogP) is 2.35. The molecule has 0 aromatic rings. The van der Waals surface area contributed by atoms with Gasteiger partial charge in [-0.3, -0.25) is 14.5 Å². The molecule has 1 aliphatic heterocycles. The molecule has 5 nitrogen and oxygen atoms in total. The molecule has 1 aliphatic rings. The van der Waals surface area contributed by atoms with Gasteiger partial charge in [-0.15, -0.1) is 0 Å². The molecular formula is C15H25CaNO4.